The van der Waals surface area contributed by atoms with Gasteiger partial charge >= 0.3 is 0 Å². The van der Waals surface area contributed by atoms with Gasteiger partial charge in [-0.25, -0.2) is 0 Å². The number of anilines is 1. The third-order valence-electron chi connectivity index (χ3n) is 4.70. The summed E-state index contributed by atoms with van der Waals surface area (Å²) in [5.74, 6) is -0.410. The molecule has 0 bridgehead atoms. The highest BCUT2D eigenvalue weighted by atomic mass is 16.5. The number of rotatable bonds is 8. The molecule has 2 N–H and O–H groups in total. The lowest BCUT2D eigenvalue weighted by atomic mass is 10.1. The summed E-state index contributed by atoms with van der Waals surface area (Å²) in [6, 6.07) is 5.73. The summed E-state index contributed by atoms with van der Waals surface area (Å²) in [7, 11) is 0. The van der Waals surface area contributed by atoms with Crippen molar-refractivity contribution in [3.8, 4) is 0 Å². The zero-order valence-electron chi connectivity index (χ0n) is 15.7. The summed E-state index contributed by atoms with van der Waals surface area (Å²) in [6.45, 7) is 8.48. The summed E-state index contributed by atoms with van der Waals surface area (Å²) in [5, 5.41) is 11.5. The molecule has 2 rings (SSSR count). The molecule has 7 nitrogen and oxygen atoms in total. The van der Waals surface area contributed by atoms with Gasteiger partial charge in [0.05, 0.1) is 19.8 Å². The van der Waals surface area contributed by atoms with Gasteiger partial charge in [0.15, 0.2) is 0 Å². The number of hydrogen-bond donors (Lipinski definition) is 2. The standard InChI is InChI=1S/C19H29N3O4/c1-15-4-3-5-17(16(15)2)20-18(24)14-19(25)22-8-6-21(7-9-22)10-12-26-13-11-23/h3-5,23H,6-14H2,1-2H3,(H,20,24). The van der Waals surface area contributed by atoms with Gasteiger partial charge in [-0.1, -0.05) is 12.1 Å². The number of aliphatic hydroxyl groups is 1. The number of carbonyl (C=O) groups excluding carboxylic acids is 2. The van der Waals surface area contributed by atoms with Crippen LogP contribution in [0.2, 0.25) is 0 Å². The van der Waals surface area contributed by atoms with Crippen LogP contribution in [0.3, 0.4) is 0 Å². The predicted octanol–water partition coefficient (Wildman–Crippen LogP) is 0.785. The van der Waals surface area contributed by atoms with Crippen molar-refractivity contribution in [3.05, 3.63) is 29.3 Å². The van der Waals surface area contributed by atoms with Crippen LogP contribution in [0.15, 0.2) is 18.2 Å². The quantitative estimate of drug-likeness (QED) is 0.527. The molecule has 1 saturated heterocycles. The maximum atomic E-state index is 12.4. The summed E-state index contributed by atoms with van der Waals surface area (Å²) >= 11 is 0. The zero-order valence-corrected chi connectivity index (χ0v) is 15.7. The van der Waals surface area contributed by atoms with E-state index in [1.165, 1.54) is 0 Å². The Labute approximate surface area is 154 Å². The van der Waals surface area contributed by atoms with Crippen molar-refractivity contribution in [2.45, 2.75) is 20.3 Å². The van der Waals surface area contributed by atoms with E-state index in [9.17, 15) is 9.59 Å². The second kappa shape index (κ2) is 10.3. The average molecular weight is 363 g/mol. The molecule has 1 aromatic carbocycles. The van der Waals surface area contributed by atoms with Crippen molar-refractivity contribution in [2.75, 3.05) is 57.9 Å². The number of piperazine rings is 1. The van der Waals surface area contributed by atoms with Crippen molar-refractivity contribution >= 4 is 17.5 Å². The smallest absolute Gasteiger partial charge is 0.233 e. The fourth-order valence-corrected chi connectivity index (χ4v) is 2.91. The zero-order chi connectivity index (χ0) is 18.9. The molecule has 0 radical (unpaired) electrons. The number of benzene rings is 1. The molecule has 1 aromatic rings. The van der Waals surface area contributed by atoms with E-state index in [0.29, 0.717) is 26.3 Å². The molecule has 0 atom stereocenters. The van der Waals surface area contributed by atoms with E-state index in [1.807, 2.05) is 32.0 Å². The van der Waals surface area contributed by atoms with E-state index < -0.39 is 0 Å². The van der Waals surface area contributed by atoms with E-state index in [4.69, 9.17) is 9.84 Å². The fraction of sp³-hybridized carbons (Fsp3) is 0.579. The van der Waals surface area contributed by atoms with Crippen molar-refractivity contribution in [3.63, 3.8) is 0 Å². The topological polar surface area (TPSA) is 82.1 Å². The van der Waals surface area contributed by atoms with Gasteiger partial charge in [-0.15, -0.1) is 0 Å². The molecule has 0 aromatic heterocycles. The predicted molar refractivity (Wildman–Crippen MR) is 100 cm³/mol. The third-order valence-corrected chi connectivity index (χ3v) is 4.70. The monoisotopic (exact) mass is 363 g/mol. The van der Waals surface area contributed by atoms with E-state index >= 15 is 0 Å². The Hall–Kier alpha value is -1.96. The molecule has 26 heavy (non-hydrogen) atoms. The molecule has 0 aliphatic carbocycles. The summed E-state index contributed by atoms with van der Waals surface area (Å²) in [6.07, 6.45) is -0.132. The molecule has 1 aliphatic rings. The number of aryl methyl sites for hydroxylation is 1. The number of amides is 2. The highest BCUT2D eigenvalue weighted by Crippen LogP contribution is 2.18. The largest absolute Gasteiger partial charge is 0.394 e. The highest BCUT2D eigenvalue weighted by molar-refractivity contribution is 6.03. The molecule has 144 valence electrons. The van der Waals surface area contributed by atoms with Gasteiger partial charge < -0.3 is 20.1 Å². The van der Waals surface area contributed by atoms with E-state index in [2.05, 4.69) is 10.2 Å². The van der Waals surface area contributed by atoms with E-state index in [1.54, 1.807) is 4.90 Å². The van der Waals surface area contributed by atoms with Crippen molar-refractivity contribution in [1.82, 2.24) is 9.80 Å². The Morgan fingerprint density at radius 3 is 2.58 bits per heavy atom. The Kier molecular flexibility index (Phi) is 8.03. The lowest BCUT2D eigenvalue weighted by Crippen LogP contribution is -2.50. The third kappa shape index (κ3) is 6.09. The Bertz CT molecular complexity index is 613. The summed E-state index contributed by atoms with van der Waals surface area (Å²) in [5.41, 5.74) is 2.88. The van der Waals surface area contributed by atoms with Crippen LogP contribution in [0.5, 0.6) is 0 Å². The average Bonchev–Trinajstić information content (AvgIpc) is 2.63. The number of ether oxygens (including phenoxy) is 1. The number of hydrogen-bond acceptors (Lipinski definition) is 5. The lowest BCUT2D eigenvalue weighted by Gasteiger charge is -2.34. The molecule has 7 heteroatoms. The van der Waals surface area contributed by atoms with Gasteiger partial charge in [0.1, 0.15) is 6.42 Å². The minimum atomic E-state index is -0.275. The summed E-state index contributed by atoms with van der Waals surface area (Å²) < 4.78 is 5.26. The molecule has 1 heterocycles. The van der Waals surface area contributed by atoms with Gasteiger partial charge in [-0.2, -0.15) is 0 Å². The first-order chi connectivity index (χ1) is 12.5. The number of nitrogens with zero attached hydrogens (tertiary/aromatic N) is 2. The number of nitrogens with one attached hydrogen (secondary N) is 1. The van der Waals surface area contributed by atoms with Gasteiger partial charge in [-0.05, 0) is 31.0 Å². The maximum Gasteiger partial charge on any atom is 0.233 e. The molecular weight excluding hydrogens is 334 g/mol. The number of carbonyl (C=O) groups is 2. The Morgan fingerprint density at radius 2 is 1.88 bits per heavy atom. The second-order valence-corrected chi connectivity index (χ2v) is 6.53. The minimum absolute atomic E-state index is 0.0341. The first-order valence-electron chi connectivity index (χ1n) is 9.06. The lowest BCUT2D eigenvalue weighted by molar-refractivity contribution is -0.136. The molecule has 0 spiro atoms. The van der Waals surface area contributed by atoms with Crippen molar-refractivity contribution < 1.29 is 19.4 Å². The van der Waals surface area contributed by atoms with Gasteiger partial charge in [-0.3, -0.25) is 14.5 Å². The normalized spacial score (nSPS) is 15.1. The minimum Gasteiger partial charge on any atom is -0.394 e. The maximum absolute atomic E-state index is 12.4. The fourth-order valence-electron chi connectivity index (χ4n) is 2.91. The van der Waals surface area contributed by atoms with E-state index in [-0.39, 0.29) is 24.8 Å². The number of aliphatic hydroxyl groups excluding tert-OH is 1. The molecule has 0 unspecified atom stereocenters. The van der Waals surface area contributed by atoms with Crippen LogP contribution in [0.1, 0.15) is 17.5 Å². The van der Waals surface area contributed by atoms with Crippen LogP contribution < -0.4 is 5.32 Å². The Morgan fingerprint density at radius 1 is 1.15 bits per heavy atom. The van der Waals surface area contributed by atoms with Crippen LogP contribution in [-0.4, -0.2) is 79.3 Å². The molecule has 2 amide bonds. The van der Waals surface area contributed by atoms with Crippen molar-refractivity contribution in [2.24, 2.45) is 0 Å². The highest BCUT2D eigenvalue weighted by Gasteiger charge is 2.22. The van der Waals surface area contributed by atoms with Crippen LogP contribution in [0, 0.1) is 13.8 Å². The Balaban J connectivity index is 1.73. The summed E-state index contributed by atoms with van der Waals surface area (Å²) in [4.78, 5) is 28.5. The molecular formula is C19H29N3O4. The SMILES string of the molecule is Cc1cccc(NC(=O)CC(=O)N2CCN(CCOCCO)CC2)c1C. The van der Waals surface area contributed by atoms with Crippen molar-refractivity contribution in [1.29, 1.82) is 0 Å². The van der Waals surface area contributed by atoms with Gasteiger partial charge in [0, 0.05) is 38.4 Å². The molecule has 0 saturated carbocycles. The van der Waals surface area contributed by atoms with Crippen LogP contribution in [-0.2, 0) is 14.3 Å². The molecule has 1 fully saturated rings. The first-order valence-corrected chi connectivity index (χ1v) is 9.06. The van der Waals surface area contributed by atoms with Crippen LogP contribution >= 0.6 is 0 Å². The molecule has 1 aliphatic heterocycles. The first kappa shape index (κ1) is 20.4. The van der Waals surface area contributed by atoms with E-state index in [0.717, 1.165) is 36.4 Å². The van der Waals surface area contributed by atoms with Crippen LogP contribution in [0.4, 0.5) is 5.69 Å². The van der Waals surface area contributed by atoms with Crippen LogP contribution in [0.25, 0.3) is 0 Å². The second-order valence-electron chi connectivity index (χ2n) is 6.53. The van der Waals surface area contributed by atoms with Gasteiger partial charge in [0.25, 0.3) is 0 Å². The van der Waals surface area contributed by atoms with Gasteiger partial charge in [0.2, 0.25) is 11.8 Å².